The van der Waals surface area contributed by atoms with Gasteiger partial charge in [-0.3, -0.25) is 0 Å². The highest BCUT2D eigenvalue weighted by Crippen LogP contribution is 2.17. The van der Waals surface area contributed by atoms with Crippen LogP contribution in [0.25, 0.3) is 11.4 Å². The molecule has 0 radical (unpaired) electrons. The molecule has 0 aliphatic heterocycles. The van der Waals surface area contributed by atoms with Crippen LogP contribution in [0.3, 0.4) is 0 Å². The second-order valence-electron chi connectivity index (χ2n) is 1.88. The molecule has 0 N–H and O–H groups in total. The summed E-state index contributed by atoms with van der Waals surface area (Å²) in [5.74, 6) is 0.434. The first-order chi connectivity index (χ1) is 5.36. The molecule has 56 valence electrons. The molecule has 0 aliphatic rings. The van der Waals surface area contributed by atoms with Crippen LogP contribution in [0.15, 0.2) is 27.5 Å². The molecule has 0 bridgehead atoms. The third kappa shape index (κ3) is 1.12. The average molecular weight is 171 g/mol. The summed E-state index contributed by atoms with van der Waals surface area (Å²) in [5, 5.41) is 3.61. The SMILES string of the molecule is Clc1nc(-c2ccoc2)no1. The lowest BCUT2D eigenvalue weighted by atomic mass is 10.3. The minimum absolute atomic E-state index is 0.0289. The van der Waals surface area contributed by atoms with Gasteiger partial charge in [-0.15, -0.1) is 0 Å². The van der Waals surface area contributed by atoms with Crippen molar-refractivity contribution in [2.75, 3.05) is 0 Å². The Hall–Kier alpha value is -1.29. The molecule has 5 heteroatoms. The Kier molecular flexibility index (Phi) is 1.40. The van der Waals surface area contributed by atoms with E-state index in [1.54, 1.807) is 6.07 Å². The Morgan fingerprint density at radius 1 is 1.45 bits per heavy atom. The molecule has 0 saturated carbocycles. The van der Waals surface area contributed by atoms with Crippen molar-refractivity contribution in [3.8, 4) is 11.4 Å². The maximum Gasteiger partial charge on any atom is 0.320 e. The van der Waals surface area contributed by atoms with Gasteiger partial charge >= 0.3 is 5.35 Å². The van der Waals surface area contributed by atoms with Crippen LogP contribution in [0, 0.1) is 0 Å². The zero-order valence-corrected chi connectivity index (χ0v) is 6.08. The van der Waals surface area contributed by atoms with Gasteiger partial charge in [0.2, 0.25) is 5.82 Å². The fourth-order valence-corrected chi connectivity index (χ4v) is 0.828. The van der Waals surface area contributed by atoms with Crippen molar-refractivity contribution in [3.63, 3.8) is 0 Å². The Balaban J connectivity index is 2.45. The van der Waals surface area contributed by atoms with Crippen LogP contribution in [-0.4, -0.2) is 10.1 Å². The van der Waals surface area contributed by atoms with Gasteiger partial charge < -0.3 is 8.94 Å². The molecule has 0 aliphatic carbocycles. The van der Waals surface area contributed by atoms with E-state index in [1.165, 1.54) is 12.5 Å². The lowest BCUT2D eigenvalue weighted by Gasteiger charge is -1.78. The van der Waals surface area contributed by atoms with Gasteiger partial charge in [-0.1, -0.05) is 5.16 Å². The van der Waals surface area contributed by atoms with E-state index >= 15 is 0 Å². The van der Waals surface area contributed by atoms with Gasteiger partial charge in [0, 0.05) is 0 Å². The highest BCUT2D eigenvalue weighted by molar-refractivity contribution is 6.27. The second-order valence-corrected chi connectivity index (χ2v) is 2.21. The van der Waals surface area contributed by atoms with Crippen LogP contribution < -0.4 is 0 Å². The monoisotopic (exact) mass is 170 g/mol. The molecule has 0 spiro atoms. The van der Waals surface area contributed by atoms with Crippen LogP contribution in [0.5, 0.6) is 0 Å². The van der Waals surface area contributed by atoms with E-state index in [-0.39, 0.29) is 5.35 Å². The van der Waals surface area contributed by atoms with Crippen LogP contribution in [0.2, 0.25) is 5.35 Å². The molecule has 0 fully saturated rings. The van der Waals surface area contributed by atoms with Gasteiger partial charge in [-0.05, 0) is 17.7 Å². The average Bonchev–Trinajstić information content (AvgIpc) is 2.55. The fraction of sp³-hybridized carbons (Fsp3) is 0. The van der Waals surface area contributed by atoms with Gasteiger partial charge in [0.15, 0.2) is 0 Å². The van der Waals surface area contributed by atoms with E-state index in [9.17, 15) is 0 Å². The smallest absolute Gasteiger partial charge is 0.320 e. The zero-order chi connectivity index (χ0) is 7.68. The van der Waals surface area contributed by atoms with Crippen LogP contribution in [-0.2, 0) is 0 Å². The fourth-order valence-electron chi connectivity index (χ4n) is 0.714. The van der Waals surface area contributed by atoms with Crippen LogP contribution in [0.1, 0.15) is 0 Å². The Labute approximate surface area is 66.8 Å². The number of hydrogen-bond donors (Lipinski definition) is 0. The topological polar surface area (TPSA) is 52.1 Å². The number of rotatable bonds is 1. The predicted octanol–water partition coefficient (Wildman–Crippen LogP) is 1.98. The molecular weight excluding hydrogens is 168 g/mol. The molecule has 0 atom stereocenters. The predicted molar refractivity (Wildman–Crippen MR) is 37.0 cm³/mol. The van der Waals surface area contributed by atoms with Crippen molar-refractivity contribution in [2.24, 2.45) is 0 Å². The molecule has 2 heterocycles. The Bertz CT molecular complexity index is 341. The zero-order valence-electron chi connectivity index (χ0n) is 5.32. The standard InChI is InChI=1S/C6H3ClN2O2/c7-6-8-5(9-11-6)4-1-2-10-3-4/h1-3H. The summed E-state index contributed by atoms with van der Waals surface area (Å²) >= 11 is 5.41. The summed E-state index contributed by atoms with van der Waals surface area (Å²) in [6.07, 6.45) is 3.04. The maximum atomic E-state index is 5.41. The molecule has 2 aromatic heterocycles. The summed E-state index contributed by atoms with van der Waals surface area (Å²) < 4.78 is 9.36. The van der Waals surface area contributed by atoms with Crippen molar-refractivity contribution in [2.45, 2.75) is 0 Å². The summed E-state index contributed by atoms with van der Waals surface area (Å²) in [6.45, 7) is 0. The molecule has 0 unspecified atom stereocenters. The number of aromatic nitrogens is 2. The van der Waals surface area contributed by atoms with Crippen molar-refractivity contribution in [3.05, 3.63) is 23.9 Å². The lowest BCUT2D eigenvalue weighted by molar-refractivity contribution is 0.420. The summed E-state index contributed by atoms with van der Waals surface area (Å²) in [4.78, 5) is 3.78. The van der Waals surface area contributed by atoms with Crippen LogP contribution in [0.4, 0.5) is 0 Å². The minimum atomic E-state index is 0.0289. The lowest BCUT2D eigenvalue weighted by Crippen LogP contribution is -1.73. The molecule has 2 rings (SSSR count). The van der Waals surface area contributed by atoms with Gasteiger partial charge in [0.1, 0.15) is 6.26 Å². The highest BCUT2D eigenvalue weighted by Gasteiger charge is 2.06. The van der Waals surface area contributed by atoms with E-state index in [2.05, 4.69) is 14.7 Å². The molecule has 0 saturated heterocycles. The first-order valence-electron chi connectivity index (χ1n) is 2.88. The van der Waals surface area contributed by atoms with E-state index < -0.39 is 0 Å². The highest BCUT2D eigenvalue weighted by atomic mass is 35.5. The number of hydrogen-bond acceptors (Lipinski definition) is 4. The molecule has 0 amide bonds. The van der Waals surface area contributed by atoms with E-state index in [1.807, 2.05) is 0 Å². The summed E-state index contributed by atoms with van der Waals surface area (Å²) in [6, 6.07) is 1.72. The largest absolute Gasteiger partial charge is 0.472 e. The van der Waals surface area contributed by atoms with Crippen molar-refractivity contribution in [1.82, 2.24) is 10.1 Å². The van der Waals surface area contributed by atoms with Crippen molar-refractivity contribution >= 4 is 11.6 Å². The van der Waals surface area contributed by atoms with Crippen molar-refractivity contribution < 1.29 is 8.94 Å². The molecular formula is C6H3ClN2O2. The number of furan rings is 1. The third-order valence-corrected chi connectivity index (χ3v) is 1.33. The van der Waals surface area contributed by atoms with Crippen LogP contribution >= 0.6 is 11.6 Å². The van der Waals surface area contributed by atoms with Gasteiger partial charge in [-0.25, -0.2) is 0 Å². The molecule has 4 nitrogen and oxygen atoms in total. The summed E-state index contributed by atoms with van der Waals surface area (Å²) in [7, 11) is 0. The van der Waals surface area contributed by atoms with E-state index in [4.69, 9.17) is 16.0 Å². The molecule has 11 heavy (non-hydrogen) atoms. The summed E-state index contributed by atoms with van der Waals surface area (Å²) in [5.41, 5.74) is 0.751. The van der Waals surface area contributed by atoms with Gasteiger partial charge in [0.05, 0.1) is 11.8 Å². The Morgan fingerprint density at radius 2 is 2.36 bits per heavy atom. The van der Waals surface area contributed by atoms with Crippen molar-refractivity contribution in [1.29, 1.82) is 0 Å². The van der Waals surface area contributed by atoms with Gasteiger partial charge in [-0.2, -0.15) is 4.98 Å². The molecule has 0 aromatic carbocycles. The third-order valence-electron chi connectivity index (χ3n) is 1.18. The quantitative estimate of drug-likeness (QED) is 0.657. The number of halogens is 1. The second kappa shape index (κ2) is 2.39. The first kappa shape index (κ1) is 6.42. The normalized spacial score (nSPS) is 10.3. The first-order valence-corrected chi connectivity index (χ1v) is 3.26. The molecule has 2 aromatic rings. The maximum absolute atomic E-state index is 5.41. The van der Waals surface area contributed by atoms with Gasteiger partial charge in [0.25, 0.3) is 0 Å². The Morgan fingerprint density at radius 3 is 2.91 bits per heavy atom. The van der Waals surface area contributed by atoms with E-state index in [0.717, 1.165) is 5.56 Å². The minimum Gasteiger partial charge on any atom is -0.472 e. The number of nitrogens with zero attached hydrogens (tertiary/aromatic N) is 2. The van der Waals surface area contributed by atoms with E-state index in [0.29, 0.717) is 5.82 Å².